The Kier molecular flexibility index (Phi) is 2.15. The zero-order chi connectivity index (χ0) is 9.10. The Labute approximate surface area is 76.7 Å². The van der Waals surface area contributed by atoms with E-state index in [2.05, 4.69) is 0 Å². The number of hydrogen-bond acceptors (Lipinski definition) is 2. The Balaban J connectivity index is 2.52. The van der Waals surface area contributed by atoms with E-state index in [0.29, 0.717) is 6.54 Å². The van der Waals surface area contributed by atoms with Crippen molar-refractivity contribution in [3.05, 3.63) is 42.2 Å². The molecule has 1 aromatic carbocycles. The lowest BCUT2D eigenvalue weighted by Gasteiger charge is -1.87. The molecular formula is C11H11NO. The summed E-state index contributed by atoms with van der Waals surface area (Å²) in [4.78, 5) is 0. The molecule has 0 saturated carbocycles. The topological polar surface area (TPSA) is 39.2 Å². The first-order valence-electron chi connectivity index (χ1n) is 4.24. The van der Waals surface area contributed by atoms with Crippen molar-refractivity contribution in [2.75, 3.05) is 6.54 Å². The van der Waals surface area contributed by atoms with E-state index in [1.807, 2.05) is 36.4 Å². The predicted molar refractivity (Wildman–Crippen MR) is 54.3 cm³/mol. The SMILES string of the molecule is NCC=Cc1coc2ccccc12. The molecule has 0 radical (unpaired) electrons. The Hall–Kier alpha value is -1.54. The van der Waals surface area contributed by atoms with Crippen molar-refractivity contribution >= 4 is 17.0 Å². The number of para-hydroxylation sites is 1. The fourth-order valence-electron chi connectivity index (χ4n) is 1.32. The first-order chi connectivity index (χ1) is 6.42. The minimum atomic E-state index is 0.555. The summed E-state index contributed by atoms with van der Waals surface area (Å²) in [6.45, 7) is 0.555. The van der Waals surface area contributed by atoms with Gasteiger partial charge in [0.1, 0.15) is 5.58 Å². The van der Waals surface area contributed by atoms with E-state index in [0.717, 1.165) is 16.5 Å². The van der Waals surface area contributed by atoms with Gasteiger partial charge in [0, 0.05) is 17.5 Å². The van der Waals surface area contributed by atoms with Crippen LogP contribution in [0.1, 0.15) is 5.56 Å². The van der Waals surface area contributed by atoms with Crippen LogP contribution in [-0.2, 0) is 0 Å². The molecule has 0 spiro atoms. The third-order valence-corrected chi connectivity index (χ3v) is 1.94. The highest BCUT2D eigenvalue weighted by atomic mass is 16.3. The van der Waals surface area contributed by atoms with Gasteiger partial charge in [0.2, 0.25) is 0 Å². The van der Waals surface area contributed by atoms with Crippen LogP contribution < -0.4 is 5.73 Å². The van der Waals surface area contributed by atoms with E-state index in [4.69, 9.17) is 10.2 Å². The predicted octanol–water partition coefficient (Wildman–Crippen LogP) is 2.40. The molecule has 0 aliphatic heterocycles. The van der Waals surface area contributed by atoms with Crippen molar-refractivity contribution < 1.29 is 4.42 Å². The van der Waals surface area contributed by atoms with Gasteiger partial charge in [-0.15, -0.1) is 0 Å². The van der Waals surface area contributed by atoms with Crippen molar-refractivity contribution in [3.8, 4) is 0 Å². The number of rotatable bonds is 2. The Bertz CT molecular complexity index is 428. The van der Waals surface area contributed by atoms with Gasteiger partial charge in [0.05, 0.1) is 6.26 Å². The third-order valence-electron chi connectivity index (χ3n) is 1.94. The largest absolute Gasteiger partial charge is 0.464 e. The maximum absolute atomic E-state index is 5.37. The monoisotopic (exact) mass is 173 g/mol. The summed E-state index contributed by atoms with van der Waals surface area (Å²) >= 11 is 0. The molecule has 0 aliphatic carbocycles. The number of fused-ring (bicyclic) bond motifs is 1. The normalized spacial score (nSPS) is 11.5. The molecular weight excluding hydrogens is 162 g/mol. The molecule has 13 heavy (non-hydrogen) atoms. The smallest absolute Gasteiger partial charge is 0.134 e. The van der Waals surface area contributed by atoms with Crippen LogP contribution in [0.2, 0.25) is 0 Å². The van der Waals surface area contributed by atoms with Crippen LogP contribution in [0.15, 0.2) is 41.0 Å². The summed E-state index contributed by atoms with van der Waals surface area (Å²) < 4.78 is 5.35. The highest BCUT2D eigenvalue weighted by Crippen LogP contribution is 2.21. The second kappa shape index (κ2) is 3.46. The second-order valence-corrected chi connectivity index (χ2v) is 2.83. The van der Waals surface area contributed by atoms with Gasteiger partial charge < -0.3 is 10.2 Å². The van der Waals surface area contributed by atoms with Crippen molar-refractivity contribution in [2.24, 2.45) is 5.73 Å². The van der Waals surface area contributed by atoms with Crippen LogP contribution in [-0.4, -0.2) is 6.54 Å². The molecule has 66 valence electrons. The summed E-state index contributed by atoms with van der Waals surface area (Å²) in [5, 5.41) is 1.13. The summed E-state index contributed by atoms with van der Waals surface area (Å²) in [5.74, 6) is 0. The maximum atomic E-state index is 5.37. The highest BCUT2D eigenvalue weighted by molar-refractivity contribution is 5.86. The first kappa shape index (κ1) is 8.08. The van der Waals surface area contributed by atoms with Gasteiger partial charge in [-0.1, -0.05) is 30.4 Å². The summed E-state index contributed by atoms with van der Waals surface area (Å²) in [6, 6.07) is 7.95. The van der Waals surface area contributed by atoms with Gasteiger partial charge >= 0.3 is 0 Å². The molecule has 2 nitrogen and oxygen atoms in total. The summed E-state index contributed by atoms with van der Waals surface area (Å²) in [6.07, 6.45) is 5.64. The van der Waals surface area contributed by atoms with E-state index in [-0.39, 0.29) is 0 Å². The zero-order valence-corrected chi connectivity index (χ0v) is 7.23. The number of furan rings is 1. The van der Waals surface area contributed by atoms with Gasteiger partial charge in [-0.25, -0.2) is 0 Å². The minimum absolute atomic E-state index is 0.555. The molecule has 0 saturated heterocycles. The Morgan fingerprint density at radius 1 is 1.31 bits per heavy atom. The van der Waals surface area contributed by atoms with Crippen LogP contribution >= 0.6 is 0 Å². The standard InChI is InChI=1S/C11H11NO/c12-7-3-4-9-8-13-11-6-2-1-5-10(9)11/h1-6,8H,7,12H2. The van der Waals surface area contributed by atoms with Crippen LogP contribution in [0.5, 0.6) is 0 Å². The molecule has 0 fully saturated rings. The quantitative estimate of drug-likeness (QED) is 0.757. The average Bonchev–Trinajstić information content (AvgIpc) is 2.58. The molecule has 2 heteroatoms. The first-order valence-corrected chi connectivity index (χ1v) is 4.24. The second-order valence-electron chi connectivity index (χ2n) is 2.83. The van der Waals surface area contributed by atoms with Gasteiger partial charge in [0.15, 0.2) is 0 Å². The zero-order valence-electron chi connectivity index (χ0n) is 7.23. The minimum Gasteiger partial charge on any atom is -0.464 e. The van der Waals surface area contributed by atoms with E-state index < -0.39 is 0 Å². The molecule has 2 aromatic rings. The third kappa shape index (κ3) is 1.48. The Morgan fingerprint density at radius 3 is 3.00 bits per heavy atom. The van der Waals surface area contributed by atoms with Crippen molar-refractivity contribution in [1.82, 2.24) is 0 Å². The number of benzene rings is 1. The molecule has 2 rings (SSSR count). The molecule has 1 aromatic heterocycles. The number of hydrogen-bond donors (Lipinski definition) is 1. The van der Waals surface area contributed by atoms with Crippen LogP contribution in [0.25, 0.3) is 17.0 Å². The van der Waals surface area contributed by atoms with Crippen molar-refractivity contribution in [3.63, 3.8) is 0 Å². The van der Waals surface area contributed by atoms with Gasteiger partial charge in [-0.3, -0.25) is 0 Å². The molecule has 1 heterocycles. The summed E-state index contributed by atoms with van der Waals surface area (Å²) in [7, 11) is 0. The molecule has 0 amide bonds. The molecule has 2 N–H and O–H groups in total. The van der Waals surface area contributed by atoms with Crippen molar-refractivity contribution in [1.29, 1.82) is 0 Å². The molecule has 0 bridgehead atoms. The molecule has 0 unspecified atom stereocenters. The Morgan fingerprint density at radius 2 is 2.15 bits per heavy atom. The van der Waals surface area contributed by atoms with Gasteiger partial charge in [0.25, 0.3) is 0 Å². The van der Waals surface area contributed by atoms with E-state index in [1.165, 1.54) is 0 Å². The van der Waals surface area contributed by atoms with Gasteiger partial charge in [-0.05, 0) is 6.07 Å². The summed E-state index contributed by atoms with van der Waals surface area (Å²) in [5.41, 5.74) is 7.37. The molecule has 0 atom stereocenters. The lowest BCUT2D eigenvalue weighted by molar-refractivity contribution is 0.615. The fraction of sp³-hybridized carbons (Fsp3) is 0.0909. The van der Waals surface area contributed by atoms with Gasteiger partial charge in [-0.2, -0.15) is 0 Å². The molecule has 0 aliphatic rings. The lowest BCUT2D eigenvalue weighted by Crippen LogP contribution is -1.91. The average molecular weight is 173 g/mol. The fourth-order valence-corrected chi connectivity index (χ4v) is 1.32. The van der Waals surface area contributed by atoms with E-state index in [9.17, 15) is 0 Å². The van der Waals surface area contributed by atoms with E-state index in [1.54, 1.807) is 6.26 Å². The van der Waals surface area contributed by atoms with Crippen molar-refractivity contribution in [2.45, 2.75) is 0 Å². The van der Waals surface area contributed by atoms with Crippen LogP contribution in [0.4, 0.5) is 0 Å². The van der Waals surface area contributed by atoms with Crippen LogP contribution in [0, 0.1) is 0 Å². The van der Waals surface area contributed by atoms with E-state index >= 15 is 0 Å². The highest BCUT2D eigenvalue weighted by Gasteiger charge is 1.99. The van der Waals surface area contributed by atoms with Crippen LogP contribution in [0.3, 0.4) is 0 Å². The maximum Gasteiger partial charge on any atom is 0.134 e. The number of nitrogens with two attached hydrogens (primary N) is 1. The lowest BCUT2D eigenvalue weighted by atomic mass is 10.2.